The highest BCUT2D eigenvalue weighted by atomic mass is 15.3. The summed E-state index contributed by atoms with van der Waals surface area (Å²) in [4.78, 5) is 14.1. The van der Waals surface area contributed by atoms with Gasteiger partial charge in [-0.25, -0.2) is 9.97 Å². The topological polar surface area (TPSA) is 57.7 Å². The second-order valence-electron chi connectivity index (χ2n) is 13.8. The maximum atomic E-state index is 10.1. The van der Waals surface area contributed by atoms with E-state index >= 15 is 0 Å². The molecule has 0 amide bonds. The first-order valence-corrected chi connectivity index (χ1v) is 17.3. The van der Waals surface area contributed by atoms with E-state index in [1.54, 1.807) is 0 Å². The van der Waals surface area contributed by atoms with Crippen molar-refractivity contribution in [2.45, 2.75) is 58.5 Å². The van der Waals surface area contributed by atoms with Crippen LogP contribution in [0.5, 0.6) is 0 Å². The summed E-state index contributed by atoms with van der Waals surface area (Å²) in [6.45, 7) is 6.59. The number of hydrogen-bond donors (Lipinski definition) is 0. The molecule has 0 bridgehead atoms. The number of anilines is 1. The summed E-state index contributed by atoms with van der Waals surface area (Å²) in [6.07, 6.45) is 19.3. The van der Waals surface area contributed by atoms with Gasteiger partial charge in [-0.3, -0.25) is 4.57 Å². The summed E-state index contributed by atoms with van der Waals surface area (Å²) in [7, 11) is 0. The van der Waals surface area contributed by atoms with Crippen LogP contribution in [0.25, 0.3) is 44.5 Å². The molecule has 5 atom stereocenters. The van der Waals surface area contributed by atoms with Crippen LogP contribution in [-0.2, 0) is 0 Å². The molecular formula is C43H41N5. The predicted octanol–water partition coefficient (Wildman–Crippen LogP) is 10.2. The molecule has 1 saturated carbocycles. The van der Waals surface area contributed by atoms with E-state index in [9.17, 15) is 5.26 Å². The maximum absolute atomic E-state index is 10.1. The van der Waals surface area contributed by atoms with Gasteiger partial charge in [-0.15, -0.1) is 0 Å². The minimum Gasteiger partial charge on any atom is -0.343 e. The van der Waals surface area contributed by atoms with Gasteiger partial charge in [-0.1, -0.05) is 123 Å². The summed E-state index contributed by atoms with van der Waals surface area (Å²) in [6, 6.07) is 30.8. The first-order chi connectivity index (χ1) is 23.5. The van der Waals surface area contributed by atoms with Crippen LogP contribution in [0.15, 0.2) is 121 Å². The van der Waals surface area contributed by atoms with E-state index < -0.39 is 0 Å². The molecule has 0 radical (unpaired) electrons. The van der Waals surface area contributed by atoms with Crippen LogP contribution >= 0.6 is 0 Å². The van der Waals surface area contributed by atoms with Gasteiger partial charge in [-0.05, 0) is 56.7 Å². The fraction of sp³-hybridized carbons (Fsp3) is 0.279. The van der Waals surface area contributed by atoms with Gasteiger partial charge >= 0.3 is 0 Å². The number of nitriles is 1. The molecule has 3 heterocycles. The Kier molecular flexibility index (Phi) is 7.60. The predicted molar refractivity (Wildman–Crippen MR) is 198 cm³/mol. The third kappa shape index (κ3) is 4.73. The van der Waals surface area contributed by atoms with E-state index in [0.29, 0.717) is 5.92 Å². The molecule has 3 aliphatic rings. The fourth-order valence-corrected chi connectivity index (χ4v) is 8.73. The van der Waals surface area contributed by atoms with Crippen molar-refractivity contribution in [1.29, 1.82) is 5.26 Å². The van der Waals surface area contributed by atoms with Crippen LogP contribution in [0.3, 0.4) is 0 Å². The normalized spacial score (nSPS) is 25.4. The van der Waals surface area contributed by atoms with E-state index in [2.05, 4.69) is 151 Å². The summed E-state index contributed by atoms with van der Waals surface area (Å²) < 4.78 is 2.34. The number of nitrogens with zero attached hydrogens (tertiary/aromatic N) is 5. The standard InChI is InChI=1S/C43H41N5/c1-4-5-16-29(2)39-40(31-18-7-6-8-19-31)46-41(47-35-22-11-9-20-32(35)33-21-10-12-23-36(33)47)42(45-39)48-37-24-15-17-30(28-44)27-34(37)43(3)26-14-13-25-38(43)48/h4-14,16,18-23,25-26,30,34,37-38H,15,17,24,27H2,1-3H3/b5-4-,29-16+. The molecule has 0 spiro atoms. The molecule has 0 N–H and O–H groups in total. The van der Waals surface area contributed by atoms with E-state index in [1.807, 2.05) is 6.92 Å². The van der Waals surface area contributed by atoms with Crippen LogP contribution in [0, 0.1) is 28.6 Å². The van der Waals surface area contributed by atoms with Crippen LogP contribution in [0.4, 0.5) is 5.82 Å². The monoisotopic (exact) mass is 627 g/mol. The van der Waals surface area contributed by atoms with Crippen molar-refractivity contribution in [2.75, 3.05) is 4.90 Å². The third-order valence-corrected chi connectivity index (χ3v) is 11.0. The molecule has 5 aromatic rings. The van der Waals surface area contributed by atoms with Gasteiger partial charge in [-0.2, -0.15) is 5.26 Å². The Labute approximate surface area is 283 Å². The van der Waals surface area contributed by atoms with Crippen molar-refractivity contribution in [2.24, 2.45) is 17.3 Å². The zero-order chi connectivity index (χ0) is 32.8. The number of para-hydroxylation sites is 2. The highest BCUT2D eigenvalue weighted by Gasteiger charge is 2.56. The average Bonchev–Trinajstić information content (AvgIpc) is 3.47. The molecule has 2 fully saturated rings. The molecule has 5 nitrogen and oxygen atoms in total. The van der Waals surface area contributed by atoms with Crippen LogP contribution in [0.1, 0.15) is 52.1 Å². The van der Waals surface area contributed by atoms with Crippen LogP contribution in [-0.4, -0.2) is 26.6 Å². The average molecular weight is 628 g/mol. The number of fused-ring (bicyclic) bond motifs is 6. The Balaban J connectivity index is 1.48. The van der Waals surface area contributed by atoms with E-state index in [0.717, 1.165) is 70.9 Å². The Hall–Kier alpha value is -5.21. The Morgan fingerprint density at radius 1 is 0.896 bits per heavy atom. The third-order valence-electron chi connectivity index (χ3n) is 11.0. The van der Waals surface area contributed by atoms with Crippen LogP contribution < -0.4 is 4.90 Å². The quantitative estimate of drug-likeness (QED) is 0.182. The van der Waals surface area contributed by atoms with Gasteiger partial charge < -0.3 is 4.90 Å². The van der Waals surface area contributed by atoms with Gasteiger partial charge in [0.25, 0.3) is 0 Å². The number of rotatable bonds is 5. The van der Waals surface area contributed by atoms with Gasteiger partial charge in [0.05, 0.1) is 34.5 Å². The highest BCUT2D eigenvalue weighted by molar-refractivity contribution is 6.09. The molecule has 8 rings (SSSR count). The summed E-state index contributed by atoms with van der Waals surface area (Å²) in [5.41, 5.74) is 5.97. The largest absolute Gasteiger partial charge is 0.343 e. The van der Waals surface area contributed by atoms with Crippen molar-refractivity contribution in [3.63, 3.8) is 0 Å². The minimum atomic E-state index is -0.132. The highest BCUT2D eigenvalue weighted by Crippen LogP contribution is 2.56. The number of benzene rings is 3. The molecular weight excluding hydrogens is 587 g/mol. The Morgan fingerprint density at radius 3 is 2.31 bits per heavy atom. The first-order valence-electron chi connectivity index (χ1n) is 17.3. The molecule has 1 aliphatic heterocycles. The Morgan fingerprint density at radius 2 is 1.60 bits per heavy atom. The summed E-state index contributed by atoms with van der Waals surface area (Å²) >= 11 is 0. The molecule has 2 aliphatic carbocycles. The first kappa shape index (κ1) is 30.1. The lowest BCUT2D eigenvalue weighted by molar-refractivity contribution is 0.250. The zero-order valence-corrected chi connectivity index (χ0v) is 27.9. The second kappa shape index (κ2) is 12.1. The summed E-state index contributed by atoms with van der Waals surface area (Å²) in [5, 5.41) is 12.5. The molecule has 48 heavy (non-hydrogen) atoms. The second-order valence-corrected chi connectivity index (χ2v) is 13.8. The summed E-state index contributed by atoms with van der Waals surface area (Å²) in [5.74, 6) is 2.14. The molecule has 238 valence electrons. The lowest BCUT2D eigenvalue weighted by atomic mass is 9.68. The number of allylic oxidation sites excluding steroid dienone is 6. The lowest BCUT2D eigenvalue weighted by Crippen LogP contribution is -2.41. The van der Waals surface area contributed by atoms with Gasteiger partial charge in [0.1, 0.15) is 0 Å². The van der Waals surface area contributed by atoms with E-state index in [4.69, 9.17) is 9.97 Å². The molecule has 2 aromatic heterocycles. The van der Waals surface area contributed by atoms with E-state index in [1.165, 1.54) is 10.8 Å². The van der Waals surface area contributed by atoms with Gasteiger partial charge in [0.15, 0.2) is 11.6 Å². The van der Waals surface area contributed by atoms with Crippen molar-refractivity contribution in [3.8, 4) is 23.1 Å². The van der Waals surface area contributed by atoms with Gasteiger partial charge in [0.2, 0.25) is 0 Å². The number of aromatic nitrogens is 3. The molecule has 5 heteroatoms. The van der Waals surface area contributed by atoms with Gasteiger partial charge in [0, 0.05) is 33.7 Å². The zero-order valence-electron chi connectivity index (χ0n) is 27.9. The van der Waals surface area contributed by atoms with E-state index in [-0.39, 0.29) is 23.4 Å². The SMILES string of the molecule is C/C=C\C=C(/C)c1nc(N2C3CCCC(C#N)CC3C3(C)C=CC=CC23)c(-n2c3ccccc3c3ccccc32)nc1-c1ccccc1. The fourth-order valence-electron chi connectivity index (χ4n) is 8.73. The van der Waals surface area contributed by atoms with Crippen molar-refractivity contribution < 1.29 is 0 Å². The van der Waals surface area contributed by atoms with Crippen LogP contribution in [0.2, 0.25) is 0 Å². The molecule has 1 saturated heterocycles. The van der Waals surface area contributed by atoms with Crippen molar-refractivity contribution in [3.05, 3.63) is 127 Å². The minimum absolute atomic E-state index is 0.0710. The van der Waals surface area contributed by atoms with Crippen molar-refractivity contribution in [1.82, 2.24) is 14.5 Å². The maximum Gasteiger partial charge on any atom is 0.181 e. The Bertz CT molecular complexity index is 2120. The molecule has 5 unspecified atom stereocenters. The molecule has 3 aromatic carbocycles. The smallest absolute Gasteiger partial charge is 0.181 e. The lowest BCUT2D eigenvalue weighted by Gasteiger charge is -2.37. The van der Waals surface area contributed by atoms with Crippen molar-refractivity contribution >= 4 is 33.2 Å². The number of hydrogen-bond acceptors (Lipinski definition) is 4.